The molecular formula is C32H27N3. The number of hydrogen-bond donors (Lipinski definition) is 0. The molecule has 0 unspecified atom stereocenters. The van der Waals surface area contributed by atoms with Gasteiger partial charge in [-0.3, -0.25) is 4.40 Å². The van der Waals surface area contributed by atoms with Crippen molar-refractivity contribution in [2.45, 2.75) is 32.1 Å². The molecular weight excluding hydrogens is 426 g/mol. The van der Waals surface area contributed by atoms with Crippen LogP contribution in [0.4, 0.5) is 0 Å². The molecule has 0 fully saturated rings. The summed E-state index contributed by atoms with van der Waals surface area (Å²) in [6.45, 7) is 0. The molecule has 6 aromatic rings. The summed E-state index contributed by atoms with van der Waals surface area (Å²) in [6.07, 6.45) is 8.31. The second-order valence-corrected chi connectivity index (χ2v) is 9.49. The molecule has 3 nitrogen and oxygen atoms in total. The van der Waals surface area contributed by atoms with Gasteiger partial charge in [0.15, 0.2) is 0 Å². The van der Waals surface area contributed by atoms with Gasteiger partial charge in [0.25, 0.3) is 0 Å². The molecule has 3 heteroatoms. The number of benzene rings is 3. The normalized spacial score (nSPS) is 13.7. The van der Waals surface area contributed by atoms with E-state index in [9.17, 15) is 0 Å². The van der Waals surface area contributed by atoms with Crippen LogP contribution in [0.5, 0.6) is 0 Å². The maximum absolute atomic E-state index is 5.04. The molecule has 1 aliphatic rings. The van der Waals surface area contributed by atoms with Gasteiger partial charge in [-0.1, -0.05) is 73.2 Å². The number of pyridine rings is 1. The van der Waals surface area contributed by atoms with Gasteiger partial charge >= 0.3 is 0 Å². The Morgan fingerprint density at radius 2 is 1.40 bits per heavy atom. The van der Waals surface area contributed by atoms with Crippen LogP contribution in [0.1, 0.15) is 30.5 Å². The first-order valence-electron chi connectivity index (χ1n) is 12.6. The third-order valence-electron chi connectivity index (χ3n) is 7.40. The number of aryl methyl sites for hydroxylation is 1. The van der Waals surface area contributed by atoms with Gasteiger partial charge in [-0.25, -0.2) is 4.98 Å². The van der Waals surface area contributed by atoms with E-state index < -0.39 is 0 Å². The third-order valence-corrected chi connectivity index (χ3v) is 7.40. The minimum atomic E-state index is 0.965. The van der Waals surface area contributed by atoms with Crippen LogP contribution in [0, 0.1) is 0 Å². The van der Waals surface area contributed by atoms with Crippen molar-refractivity contribution in [3.8, 4) is 28.2 Å². The van der Waals surface area contributed by atoms with Crippen molar-refractivity contribution >= 4 is 16.6 Å². The number of nitrogens with zero attached hydrogens (tertiary/aromatic N) is 3. The van der Waals surface area contributed by atoms with Gasteiger partial charge in [-0.15, -0.1) is 0 Å². The maximum Gasteiger partial charge on any atom is 0.137 e. The molecule has 0 amide bonds. The van der Waals surface area contributed by atoms with Crippen molar-refractivity contribution in [3.63, 3.8) is 0 Å². The molecule has 0 N–H and O–H groups in total. The number of para-hydroxylation sites is 1. The lowest BCUT2D eigenvalue weighted by Gasteiger charge is -2.12. The van der Waals surface area contributed by atoms with Crippen LogP contribution in [0.15, 0.2) is 103 Å². The zero-order chi connectivity index (χ0) is 23.2. The van der Waals surface area contributed by atoms with Crippen LogP contribution in [0.25, 0.3) is 44.8 Å². The van der Waals surface area contributed by atoms with Gasteiger partial charge in [-0.2, -0.15) is 0 Å². The van der Waals surface area contributed by atoms with Gasteiger partial charge in [-0.05, 0) is 61.6 Å². The Hall–Kier alpha value is -4.11. The van der Waals surface area contributed by atoms with Crippen molar-refractivity contribution in [3.05, 3.63) is 115 Å². The maximum atomic E-state index is 5.04. The quantitative estimate of drug-likeness (QED) is 0.250. The first-order valence-corrected chi connectivity index (χ1v) is 12.6. The molecule has 0 atom stereocenters. The van der Waals surface area contributed by atoms with Crippen molar-refractivity contribution in [2.24, 2.45) is 0 Å². The van der Waals surface area contributed by atoms with Crippen LogP contribution >= 0.6 is 0 Å². The Morgan fingerprint density at radius 1 is 0.629 bits per heavy atom. The van der Waals surface area contributed by atoms with E-state index in [1.807, 2.05) is 6.07 Å². The molecule has 3 aromatic heterocycles. The summed E-state index contributed by atoms with van der Waals surface area (Å²) in [5.74, 6) is 0. The highest BCUT2D eigenvalue weighted by Gasteiger charge is 2.20. The van der Waals surface area contributed by atoms with Crippen LogP contribution in [0.3, 0.4) is 0 Å². The molecule has 0 saturated heterocycles. The number of aromatic nitrogens is 3. The first kappa shape index (κ1) is 20.3. The Morgan fingerprint density at radius 3 is 2.29 bits per heavy atom. The van der Waals surface area contributed by atoms with Gasteiger partial charge in [0.05, 0.1) is 16.9 Å². The predicted molar refractivity (Wildman–Crippen MR) is 144 cm³/mol. The summed E-state index contributed by atoms with van der Waals surface area (Å²) in [4.78, 5) is 5.04. The summed E-state index contributed by atoms with van der Waals surface area (Å²) >= 11 is 0. The van der Waals surface area contributed by atoms with Crippen molar-refractivity contribution in [2.75, 3.05) is 0 Å². The lowest BCUT2D eigenvalue weighted by atomic mass is 10.0. The van der Waals surface area contributed by atoms with E-state index in [-0.39, 0.29) is 0 Å². The summed E-state index contributed by atoms with van der Waals surface area (Å²) < 4.78 is 4.69. The topological polar surface area (TPSA) is 22.2 Å². The van der Waals surface area contributed by atoms with Crippen molar-refractivity contribution in [1.29, 1.82) is 0 Å². The van der Waals surface area contributed by atoms with Gasteiger partial charge in [0.1, 0.15) is 5.65 Å². The summed E-state index contributed by atoms with van der Waals surface area (Å²) in [6, 6.07) is 34.7. The highest BCUT2D eigenvalue weighted by atomic mass is 15.0. The number of rotatable bonds is 3. The number of fused-ring (bicyclic) bond motifs is 4. The zero-order valence-electron chi connectivity index (χ0n) is 19.7. The second-order valence-electron chi connectivity index (χ2n) is 9.49. The molecule has 0 saturated carbocycles. The van der Waals surface area contributed by atoms with E-state index in [4.69, 9.17) is 4.98 Å². The average Bonchev–Trinajstić information content (AvgIpc) is 3.35. The molecule has 0 radical (unpaired) electrons. The fourth-order valence-electron chi connectivity index (χ4n) is 5.80. The third kappa shape index (κ3) is 3.30. The van der Waals surface area contributed by atoms with Gasteiger partial charge in [0, 0.05) is 34.1 Å². The monoisotopic (exact) mass is 453 g/mol. The molecule has 3 aromatic carbocycles. The van der Waals surface area contributed by atoms with Crippen molar-refractivity contribution in [1.82, 2.24) is 14.0 Å². The van der Waals surface area contributed by atoms with Crippen LogP contribution in [-0.2, 0) is 12.8 Å². The van der Waals surface area contributed by atoms with Crippen LogP contribution < -0.4 is 0 Å². The standard InChI is InChI=1S/C32H27N3/c1-3-11-24(12-4-1)32-31(33-30-17-9-10-22-34(30)32)23-18-20-25(21-19-23)35-28-15-6-2-5-13-26(28)27-14-7-8-16-29(27)35/h1,3-4,7-12,14,16-22H,2,5-6,13,15H2. The predicted octanol–water partition coefficient (Wildman–Crippen LogP) is 7.88. The Kier molecular flexibility index (Phi) is 4.80. The minimum Gasteiger partial charge on any atom is -0.313 e. The number of imidazole rings is 1. The fourth-order valence-corrected chi connectivity index (χ4v) is 5.80. The van der Waals surface area contributed by atoms with E-state index in [1.54, 1.807) is 5.56 Å². The van der Waals surface area contributed by atoms with E-state index >= 15 is 0 Å². The SMILES string of the molecule is c1ccc(-c2c(-c3ccc(-n4c5c(c6ccccc64)CCCCC5)cc3)nc3ccccn23)cc1. The highest BCUT2D eigenvalue weighted by Crippen LogP contribution is 2.36. The fraction of sp³-hybridized carbons (Fsp3) is 0.156. The Bertz CT molecular complexity index is 1650. The molecule has 35 heavy (non-hydrogen) atoms. The molecule has 1 aliphatic carbocycles. The largest absolute Gasteiger partial charge is 0.313 e. The van der Waals surface area contributed by atoms with Crippen LogP contribution in [-0.4, -0.2) is 14.0 Å². The van der Waals surface area contributed by atoms with E-state index in [2.05, 4.69) is 106 Å². The summed E-state index contributed by atoms with van der Waals surface area (Å²) in [5.41, 5.74) is 11.0. The molecule has 0 aliphatic heterocycles. The molecule has 0 spiro atoms. The molecule has 3 heterocycles. The number of hydrogen-bond acceptors (Lipinski definition) is 1. The minimum absolute atomic E-state index is 0.965. The van der Waals surface area contributed by atoms with Crippen LogP contribution in [0.2, 0.25) is 0 Å². The van der Waals surface area contributed by atoms with Gasteiger partial charge < -0.3 is 4.57 Å². The lowest BCUT2D eigenvalue weighted by molar-refractivity contribution is 0.704. The smallest absolute Gasteiger partial charge is 0.137 e. The molecule has 170 valence electrons. The van der Waals surface area contributed by atoms with Crippen molar-refractivity contribution < 1.29 is 0 Å². The van der Waals surface area contributed by atoms with E-state index in [0.29, 0.717) is 0 Å². The summed E-state index contributed by atoms with van der Waals surface area (Å²) in [5, 5.41) is 1.42. The Labute approximate surface area is 205 Å². The van der Waals surface area contributed by atoms with E-state index in [0.717, 1.165) is 29.0 Å². The lowest BCUT2D eigenvalue weighted by Crippen LogP contribution is -2.01. The second kappa shape index (κ2) is 8.28. The highest BCUT2D eigenvalue weighted by molar-refractivity contribution is 5.88. The zero-order valence-corrected chi connectivity index (χ0v) is 19.7. The molecule has 7 rings (SSSR count). The Balaban J connectivity index is 1.39. The molecule has 0 bridgehead atoms. The summed E-state index contributed by atoms with van der Waals surface area (Å²) in [7, 11) is 0. The van der Waals surface area contributed by atoms with E-state index in [1.165, 1.54) is 53.5 Å². The average molecular weight is 454 g/mol. The van der Waals surface area contributed by atoms with Gasteiger partial charge in [0.2, 0.25) is 0 Å². The first-order chi connectivity index (χ1) is 17.4.